The summed E-state index contributed by atoms with van der Waals surface area (Å²) in [6.07, 6.45) is 2.20. The molecule has 1 aliphatic heterocycles. The molecule has 1 saturated heterocycles. The van der Waals surface area contributed by atoms with Crippen LogP contribution in [-0.2, 0) is 4.79 Å². The number of rotatable bonds is 4. The van der Waals surface area contributed by atoms with Crippen molar-refractivity contribution in [3.63, 3.8) is 0 Å². The van der Waals surface area contributed by atoms with Crippen LogP contribution in [0.2, 0.25) is 0 Å². The van der Waals surface area contributed by atoms with E-state index in [0.29, 0.717) is 18.3 Å². The van der Waals surface area contributed by atoms with Crippen molar-refractivity contribution in [2.45, 2.75) is 25.8 Å². The monoisotopic (exact) mass is 318 g/mol. The average Bonchev–Trinajstić information content (AvgIpc) is 3.13. The van der Waals surface area contributed by atoms with Gasteiger partial charge in [0.25, 0.3) is 0 Å². The molecule has 1 amide bonds. The predicted molar refractivity (Wildman–Crippen MR) is 87.6 cm³/mol. The molecule has 1 fully saturated rings. The van der Waals surface area contributed by atoms with Crippen LogP contribution >= 0.6 is 11.3 Å². The Morgan fingerprint density at radius 2 is 2.32 bits per heavy atom. The molecule has 2 aromatic rings. The Balaban J connectivity index is 1.65. The van der Waals surface area contributed by atoms with Crippen LogP contribution in [0.4, 0.5) is 10.1 Å². The molecular formula is C17H19FN2OS. The number of likely N-dealkylation sites (tertiary alicyclic amines) is 1. The lowest BCUT2D eigenvalue weighted by Crippen LogP contribution is -2.32. The van der Waals surface area contributed by atoms with Crippen molar-refractivity contribution in [3.8, 4) is 0 Å². The van der Waals surface area contributed by atoms with Crippen LogP contribution in [0.5, 0.6) is 0 Å². The molecule has 0 bridgehead atoms. The Morgan fingerprint density at radius 3 is 3.09 bits per heavy atom. The number of nitrogens with zero attached hydrogens (tertiary/aromatic N) is 1. The number of thiophene rings is 1. The summed E-state index contributed by atoms with van der Waals surface area (Å²) in [5, 5.41) is 4.90. The van der Waals surface area contributed by atoms with Gasteiger partial charge in [0.1, 0.15) is 5.82 Å². The Labute approximate surface area is 133 Å². The molecular weight excluding hydrogens is 299 g/mol. The summed E-state index contributed by atoms with van der Waals surface area (Å²) in [6, 6.07) is 8.95. The fraction of sp³-hybridized carbons (Fsp3) is 0.353. The Morgan fingerprint density at radius 1 is 1.45 bits per heavy atom. The summed E-state index contributed by atoms with van der Waals surface area (Å²) >= 11 is 1.74. The zero-order chi connectivity index (χ0) is 15.5. The average molecular weight is 318 g/mol. The quantitative estimate of drug-likeness (QED) is 0.925. The topological polar surface area (TPSA) is 32.3 Å². The third kappa shape index (κ3) is 3.36. The minimum Gasteiger partial charge on any atom is -0.325 e. The number of hydrogen-bond donors (Lipinski definition) is 1. The number of nitrogens with one attached hydrogen (secondary N) is 1. The Hall–Kier alpha value is -1.72. The molecule has 3 nitrogen and oxygen atoms in total. The number of carbonyl (C=O) groups is 1. The molecule has 3 rings (SSSR count). The second-order valence-corrected chi connectivity index (χ2v) is 6.63. The van der Waals surface area contributed by atoms with Gasteiger partial charge in [-0.25, -0.2) is 4.39 Å². The molecule has 0 spiro atoms. The number of benzene rings is 1. The summed E-state index contributed by atoms with van der Waals surface area (Å²) in [7, 11) is 0. The van der Waals surface area contributed by atoms with E-state index in [2.05, 4.69) is 21.7 Å². The van der Waals surface area contributed by atoms with Crippen LogP contribution in [-0.4, -0.2) is 23.9 Å². The Kier molecular flexibility index (Phi) is 4.55. The molecule has 1 N–H and O–H groups in total. The minimum absolute atomic E-state index is 0.0860. The van der Waals surface area contributed by atoms with E-state index in [0.717, 1.165) is 24.9 Å². The first-order chi connectivity index (χ1) is 10.6. The van der Waals surface area contributed by atoms with E-state index in [1.165, 1.54) is 17.0 Å². The molecule has 0 saturated carbocycles. The van der Waals surface area contributed by atoms with Gasteiger partial charge in [-0.05, 0) is 55.5 Å². The molecule has 1 unspecified atom stereocenters. The first-order valence-electron chi connectivity index (χ1n) is 7.47. The number of halogens is 1. The first-order valence-corrected chi connectivity index (χ1v) is 8.35. The van der Waals surface area contributed by atoms with Gasteiger partial charge in [0.15, 0.2) is 0 Å². The maximum Gasteiger partial charge on any atom is 0.238 e. The van der Waals surface area contributed by atoms with E-state index in [1.54, 1.807) is 17.4 Å². The van der Waals surface area contributed by atoms with Crippen LogP contribution in [0, 0.1) is 12.7 Å². The van der Waals surface area contributed by atoms with Crippen LogP contribution in [0.1, 0.15) is 29.3 Å². The van der Waals surface area contributed by atoms with Crippen molar-refractivity contribution in [1.29, 1.82) is 0 Å². The van der Waals surface area contributed by atoms with E-state index in [9.17, 15) is 9.18 Å². The standard InChI is InChI=1S/C17H19FN2OS/c1-12-6-7-13(18)10-14(12)19-17(21)11-20-8-2-4-15(20)16-5-3-9-22-16/h3,5-7,9-10,15H,2,4,8,11H2,1H3,(H,19,21). The third-order valence-corrected chi connectivity index (χ3v) is 5.03. The van der Waals surface area contributed by atoms with Gasteiger partial charge in [0.05, 0.1) is 6.54 Å². The van der Waals surface area contributed by atoms with Gasteiger partial charge in [-0.2, -0.15) is 0 Å². The van der Waals surface area contributed by atoms with E-state index < -0.39 is 0 Å². The fourth-order valence-corrected chi connectivity index (χ4v) is 3.82. The van der Waals surface area contributed by atoms with E-state index in [1.807, 2.05) is 13.0 Å². The van der Waals surface area contributed by atoms with E-state index >= 15 is 0 Å². The van der Waals surface area contributed by atoms with Gasteiger partial charge in [0.2, 0.25) is 5.91 Å². The van der Waals surface area contributed by atoms with Crippen molar-refractivity contribution >= 4 is 22.9 Å². The third-order valence-electron chi connectivity index (χ3n) is 4.06. The molecule has 1 aromatic heterocycles. The molecule has 2 heterocycles. The summed E-state index contributed by atoms with van der Waals surface area (Å²) in [5.41, 5.74) is 1.42. The maximum atomic E-state index is 13.3. The second-order valence-electron chi connectivity index (χ2n) is 5.65. The fourth-order valence-electron chi connectivity index (χ4n) is 2.92. The van der Waals surface area contributed by atoms with Gasteiger partial charge < -0.3 is 5.32 Å². The van der Waals surface area contributed by atoms with Crippen LogP contribution in [0.3, 0.4) is 0 Å². The first kappa shape index (κ1) is 15.2. The second kappa shape index (κ2) is 6.58. The highest BCUT2D eigenvalue weighted by Crippen LogP contribution is 2.34. The van der Waals surface area contributed by atoms with Crippen molar-refractivity contribution in [3.05, 3.63) is 52.0 Å². The smallest absolute Gasteiger partial charge is 0.238 e. The van der Waals surface area contributed by atoms with Crippen molar-refractivity contribution in [2.75, 3.05) is 18.4 Å². The summed E-state index contributed by atoms with van der Waals surface area (Å²) in [4.78, 5) is 15.8. The number of amides is 1. The lowest BCUT2D eigenvalue weighted by Gasteiger charge is -2.23. The van der Waals surface area contributed by atoms with Gasteiger partial charge >= 0.3 is 0 Å². The SMILES string of the molecule is Cc1ccc(F)cc1NC(=O)CN1CCCC1c1cccs1. The molecule has 0 aliphatic carbocycles. The maximum absolute atomic E-state index is 13.3. The molecule has 1 atom stereocenters. The van der Waals surface area contributed by atoms with Gasteiger partial charge in [-0.1, -0.05) is 12.1 Å². The number of anilines is 1. The van der Waals surface area contributed by atoms with Crippen LogP contribution < -0.4 is 5.32 Å². The zero-order valence-corrected chi connectivity index (χ0v) is 13.3. The van der Waals surface area contributed by atoms with Gasteiger partial charge in [-0.15, -0.1) is 11.3 Å². The highest BCUT2D eigenvalue weighted by atomic mass is 32.1. The number of aryl methyl sites for hydroxylation is 1. The molecule has 0 radical (unpaired) electrons. The molecule has 1 aromatic carbocycles. The highest BCUT2D eigenvalue weighted by Gasteiger charge is 2.28. The number of carbonyl (C=O) groups excluding carboxylic acids is 1. The molecule has 5 heteroatoms. The lowest BCUT2D eigenvalue weighted by atomic mass is 10.2. The lowest BCUT2D eigenvalue weighted by molar-refractivity contribution is -0.117. The zero-order valence-electron chi connectivity index (χ0n) is 12.5. The van der Waals surface area contributed by atoms with E-state index in [4.69, 9.17) is 0 Å². The summed E-state index contributed by atoms with van der Waals surface area (Å²) in [6.45, 7) is 3.13. The largest absolute Gasteiger partial charge is 0.325 e. The highest BCUT2D eigenvalue weighted by molar-refractivity contribution is 7.10. The molecule has 1 aliphatic rings. The van der Waals surface area contributed by atoms with Crippen LogP contribution in [0.15, 0.2) is 35.7 Å². The minimum atomic E-state index is -0.335. The predicted octanol–water partition coefficient (Wildman–Crippen LogP) is 3.97. The van der Waals surface area contributed by atoms with E-state index in [-0.39, 0.29) is 11.7 Å². The molecule has 116 valence electrons. The van der Waals surface area contributed by atoms with Crippen molar-refractivity contribution in [1.82, 2.24) is 4.90 Å². The summed E-state index contributed by atoms with van der Waals surface area (Å²) in [5.74, 6) is -0.421. The van der Waals surface area contributed by atoms with Gasteiger partial charge in [-0.3, -0.25) is 9.69 Å². The van der Waals surface area contributed by atoms with Gasteiger partial charge in [0, 0.05) is 16.6 Å². The number of hydrogen-bond acceptors (Lipinski definition) is 3. The normalized spacial score (nSPS) is 18.5. The van der Waals surface area contributed by atoms with Crippen LogP contribution in [0.25, 0.3) is 0 Å². The molecule has 22 heavy (non-hydrogen) atoms. The van der Waals surface area contributed by atoms with Crippen molar-refractivity contribution in [2.24, 2.45) is 0 Å². The summed E-state index contributed by atoms with van der Waals surface area (Å²) < 4.78 is 13.3. The van der Waals surface area contributed by atoms with Crippen molar-refractivity contribution < 1.29 is 9.18 Å². The Bertz CT molecular complexity index is 657.